The molecule has 0 unspecified atom stereocenters. The predicted molar refractivity (Wildman–Crippen MR) is 86.8 cm³/mol. The Labute approximate surface area is 130 Å². The molecular weight excluding hydrogens is 296 g/mol. The first kappa shape index (κ1) is 14.5. The van der Waals surface area contributed by atoms with Crippen molar-refractivity contribution in [2.24, 2.45) is 0 Å². The van der Waals surface area contributed by atoms with Gasteiger partial charge in [0, 0.05) is 36.0 Å². The number of nitrogens with zero attached hydrogens (tertiary/aromatic N) is 2. The highest BCUT2D eigenvalue weighted by Gasteiger charge is 2.15. The van der Waals surface area contributed by atoms with Gasteiger partial charge in [-0.2, -0.15) is 0 Å². The number of aryl methyl sites for hydroxylation is 1. The summed E-state index contributed by atoms with van der Waals surface area (Å²) >= 11 is 0. The van der Waals surface area contributed by atoms with E-state index in [1.54, 1.807) is 18.3 Å². The Bertz CT molecular complexity index is 927. The molecule has 0 fully saturated rings. The molecule has 3 rings (SSSR count). The monoisotopic (exact) mass is 312 g/mol. The van der Waals surface area contributed by atoms with Crippen molar-refractivity contribution in [3.8, 4) is 16.8 Å². The summed E-state index contributed by atoms with van der Waals surface area (Å²) < 4.78 is 25.8. The third-order valence-corrected chi connectivity index (χ3v) is 4.70. The Morgan fingerprint density at radius 1 is 1.05 bits per heavy atom. The van der Waals surface area contributed by atoms with Crippen LogP contribution in [0.5, 0.6) is 0 Å². The van der Waals surface area contributed by atoms with Crippen LogP contribution in [0.2, 0.25) is 0 Å². The molecule has 0 aliphatic rings. The summed E-state index contributed by atoms with van der Waals surface area (Å²) in [5.74, 6) is 0. The first-order chi connectivity index (χ1) is 10.5. The van der Waals surface area contributed by atoms with Crippen molar-refractivity contribution in [3.63, 3.8) is 0 Å². The lowest BCUT2D eigenvalue weighted by atomic mass is 10.1. The highest BCUT2D eigenvalue weighted by atomic mass is 32.2. The summed E-state index contributed by atoms with van der Waals surface area (Å²) in [7, 11) is -3.27. The van der Waals surface area contributed by atoms with Gasteiger partial charge in [0.15, 0.2) is 9.84 Å². The minimum Gasteiger partial charge on any atom is -0.322 e. The summed E-state index contributed by atoms with van der Waals surface area (Å²) in [4.78, 5) is 4.62. The van der Waals surface area contributed by atoms with Crippen molar-refractivity contribution in [1.29, 1.82) is 0 Å². The second-order valence-corrected chi connectivity index (χ2v) is 7.17. The Balaban J connectivity index is 2.12. The zero-order chi connectivity index (χ0) is 15.7. The second-order valence-electron chi connectivity index (χ2n) is 5.18. The van der Waals surface area contributed by atoms with Gasteiger partial charge in [-0.25, -0.2) is 8.42 Å². The van der Waals surface area contributed by atoms with E-state index in [-0.39, 0.29) is 0 Å². The van der Waals surface area contributed by atoms with Crippen LogP contribution < -0.4 is 0 Å². The van der Waals surface area contributed by atoms with Crippen molar-refractivity contribution in [3.05, 3.63) is 66.7 Å². The Kier molecular flexibility index (Phi) is 3.58. The molecule has 0 amide bonds. The molecule has 5 heteroatoms. The number of pyridine rings is 1. The maximum absolute atomic E-state index is 11.9. The van der Waals surface area contributed by atoms with E-state index in [1.807, 2.05) is 54.2 Å². The van der Waals surface area contributed by atoms with Crippen LogP contribution in [-0.4, -0.2) is 24.2 Å². The number of hydrogen-bond donors (Lipinski definition) is 0. The van der Waals surface area contributed by atoms with Crippen molar-refractivity contribution in [2.75, 3.05) is 6.26 Å². The molecule has 0 atom stereocenters. The fourth-order valence-electron chi connectivity index (χ4n) is 2.48. The Morgan fingerprint density at radius 3 is 2.55 bits per heavy atom. The van der Waals surface area contributed by atoms with Gasteiger partial charge in [-0.3, -0.25) is 4.98 Å². The summed E-state index contributed by atoms with van der Waals surface area (Å²) in [6.45, 7) is 1.94. The third-order valence-electron chi connectivity index (χ3n) is 3.55. The van der Waals surface area contributed by atoms with Gasteiger partial charge in [0.1, 0.15) is 0 Å². The van der Waals surface area contributed by atoms with E-state index in [1.165, 1.54) is 6.26 Å². The molecule has 0 spiro atoms. The molecule has 4 nitrogen and oxygen atoms in total. The zero-order valence-corrected chi connectivity index (χ0v) is 13.2. The molecule has 0 saturated heterocycles. The molecule has 2 heterocycles. The third kappa shape index (κ3) is 2.67. The molecule has 2 aromatic heterocycles. The minimum absolute atomic E-state index is 0.343. The molecule has 0 N–H and O–H groups in total. The van der Waals surface area contributed by atoms with Crippen LogP contribution in [0.25, 0.3) is 16.8 Å². The lowest BCUT2D eigenvalue weighted by Crippen LogP contribution is -1.99. The molecule has 22 heavy (non-hydrogen) atoms. The average Bonchev–Trinajstić information content (AvgIpc) is 2.96. The average molecular weight is 312 g/mol. The smallest absolute Gasteiger partial charge is 0.176 e. The van der Waals surface area contributed by atoms with Crippen LogP contribution in [0.4, 0.5) is 0 Å². The van der Waals surface area contributed by atoms with Gasteiger partial charge in [0.05, 0.1) is 16.3 Å². The van der Waals surface area contributed by atoms with Crippen LogP contribution in [0, 0.1) is 6.92 Å². The quantitative estimate of drug-likeness (QED) is 0.746. The maximum atomic E-state index is 11.9. The molecule has 0 saturated carbocycles. The van der Waals surface area contributed by atoms with Gasteiger partial charge in [-0.15, -0.1) is 0 Å². The molecule has 112 valence electrons. The van der Waals surface area contributed by atoms with E-state index in [4.69, 9.17) is 0 Å². The van der Waals surface area contributed by atoms with Crippen molar-refractivity contribution in [1.82, 2.24) is 9.55 Å². The summed E-state index contributed by atoms with van der Waals surface area (Å²) in [5, 5.41) is 0. The van der Waals surface area contributed by atoms with E-state index in [9.17, 15) is 8.42 Å². The molecule has 0 bridgehead atoms. The fraction of sp³-hybridized carbons (Fsp3) is 0.118. The standard InChI is InChI=1S/C17H16N2O2S/c1-13-16(7-5-10-18-13)19-11-9-14(12-19)15-6-3-4-8-17(15)22(2,20)21/h3-12H,1-2H3. The predicted octanol–water partition coefficient (Wildman–Crippen LogP) is 3.25. The van der Waals surface area contributed by atoms with E-state index in [0.717, 1.165) is 16.9 Å². The summed E-state index contributed by atoms with van der Waals surface area (Å²) in [5.41, 5.74) is 3.47. The molecule has 3 aromatic rings. The number of benzene rings is 1. The van der Waals surface area contributed by atoms with E-state index in [0.29, 0.717) is 10.5 Å². The number of aromatic nitrogens is 2. The molecule has 0 radical (unpaired) electrons. The van der Waals surface area contributed by atoms with Crippen LogP contribution in [0.15, 0.2) is 66.0 Å². The lowest BCUT2D eigenvalue weighted by Gasteiger charge is -2.07. The Morgan fingerprint density at radius 2 is 1.82 bits per heavy atom. The van der Waals surface area contributed by atoms with Gasteiger partial charge in [-0.05, 0) is 31.2 Å². The van der Waals surface area contributed by atoms with E-state index < -0.39 is 9.84 Å². The first-order valence-electron chi connectivity index (χ1n) is 6.86. The highest BCUT2D eigenvalue weighted by molar-refractivity contribution is 7.90. The molecule has 1 aromatic carbocycles. The maximum Gasteiger partial charge on any atom is 0.176 e. The van der Waals surface area contributed by atoms with Crippen LogP contribution >= 0.6 is 0 Å². The van der Waals surface area contributed by atoms with Crippen LogP contribution in [-0.2, 0) is 9.84 Å². The van der Waals surface area contributed by atoms with E-state index >= 15 is 0 Å². The SMILES string of the molecule is Cc1ncccc1-n1ccc(-c2ccccc2S(C)(=O)=O)c1. The van der Waals surface area contributed by atoms with Gasteiger partial charge >= 0.3 is 0 Å². The van der Waals surface area contributed by atoms with Gasteiger partial charge in [-0.1, -0.05) is 18.2 Å². The lowest BCUT2D eigenvalue weighted by molar-refractivity contribution is 0.602. The Hall–Kier alpha value is -2.40. The minimum atomic E-state index is -3.27. The van der Waals surface area contributed by atoms with Crippen LogP contribution in [0.1, 0.15) is 5.69 Å². The van der Waals surface area contributed by atoms with E-state index in [2.05, 4.69) is 4.98 Å². The summed E-state index contributed by atoms with van der Waals surface area (Å²) in [6.07, 6.45) is 6.82. The number of hydrogen-bond acceptors (Lipinski definition) is 3. The van der Waals surface area contributed by atoms with Gasteiger partial charge in [0.25, 0.3) is 0 Å². The normalized spacial score (nSPS) is 11.5. The van der Waals surface area contributed by atoms with Crippen LogP contribution in [0.3, 0.4) is 0 Å². The molecule has 0 aliphatic heterocycles. The summed E-state index contributed by atoms with van der Waals surface area (Å²) in [6, 6.07) is 12.8. The van der Waals surface area contributed by atoms with Crippen molar-refractivity contribution >= 4 is 9.84 Å². The molecule has 0 aliphatic carbocycles. The largest absolute Gasteiger partial charge is 0.322 e. The fourth-order valence-corrected chi connectivity index (χ4v) is 3.39. The number of sulfone groups is 1. The van der Waals surface area contributed by atoms with Crippen molar-refractivity contribution < 1.29 is 8.42 Å². The van der Waals surface area contributed by atoms with Gasteiger partial charge < -0.3 is 4.57 Å². The first-order valence-corrected chi connectivity index (χ1v) is 8.75. The topological polar surface area (TPSA) is 52.0 Å². The highest BCUT2D eigenvalue weighted by Crippen LogP contribution is 2.28. The van der Waals surface area contributed by atoms with Crippen molar-refractivity contribution in [2.45, 2.75) is 11.8 Å². The molecular formula is C17H16N2O2S. The van der Waals surface area contributed by atoms with Gasteiger partial charge in [0.2, 0.25) is 0 Å². The number of rotatable bonds is 3. The second kappa shape index (κ2) is 5.42. The zero-order valence-electron chi connectivity index (χ0n) is 12.4.